The Morgan fingerprint density at radius 1 is 1.00 bits per heavy atom. The smallest absolute Gasteiger partial charge is 0.313 e. The van der Waals surface area contributed by atoms with E-state index >= 15 is 0 Å². The normalized spacial score (nSPS) is 12.1. The minimum Gasteiger partial charge on any atom is -0.487 e. The van der Waals surface area contributed by atoms with Crippen molar-refractivity contribution in [3.8, 4) is 22.6 Å². The van der Waals surface area contributed by atoms with Crippen molar-refractivity contribution in [2.24, 2.45) is 0 Å². The van der Waals surface area contributed by atoms with E-state index in [1.165, 1.54) is 18.2 Å². The highest BCUT2D eigenvalue weighted by Crippen LogP contribution is 2.45. The maximum absolute atomic E-state index is 13.9. The molecule has 0 fully saturated rings. The van der Waals surface area contributed by atoms with Gasteiger partial charge in [-0.3, -0.25) is 9.59 Å². The molecule has 8 nitrogen and oxygen atoms in total. The van der Waals surface area contributed by atoms with Crippen LogP contribution in [0.4, 0.5) is 4.39 Å². The molecule has 214 valence electrons. The van der Waals surface area contributed by atoms with Gasteiger partial charge in [0.25, 0.3) is 0 Å². The van der Waals surface area contributed by atoms with Crippen molar-refractivity contribution in [2.45, 2.75) is 45.6 Å². The van der Waals surface area contributed by atoms with Crippen LogP contribution in [0.25, 0.3) is 17.2 Å². The first-order valence-electron chi connectivity index (χ1n) is 13.0. The predicted molar refractivity (Wildman–Crippen MR) is 147 cm³/mol. The van der Waals surface area contributed by atoms with Gasteiger partial charge in [0.15, 0.2) is 11.5 Å². The van der Waals surface area contributed by atoms with Gasteiger partial charge >= 0.3 is 5.97 Å². The summed E-state index contributed by atoms with van der Waals surface area (Å²) >= 11 is 0. The van der Waals surface area contributed by atoms with Crippen molar-refractivity contribution in [3.05, 3.63) is 53.4 Å². The number of halogens is 1. The molecule has 9 heteroatoms. The summed E-state index contributed by atoms with van der Waals surface area (Å²) < 4.78 is 41.2. The van der Waals surface area contributed by atoms with E-state index < -0.39 is 24.3 Å². The Labute approximate surface area is 229 Å². The van der Waals surface area contributed by atoms with E-state index in [4.69, 9.17) is 23.7 Å². The molecule has 1 N–H and O–H groups in total. The molecule has 2 aromatic rings. The van der Waals surface area contributed by atoms with Gasteiger partial charge < -0.3 is 28.8 Å². The molecule has 0 saturated heterocycles. The molecule has 0 aromatic heterocycles. The van der Waals surface area contributed by atoms with Gasteiger partial charge in [-0.15, -0.1) is 0 Å². The van der Waals surface area contributed by atoms with Crippen molar-refractivity contribution in [1.29, 1.82) is 0 Å². The van der Waals surface area contributed by atoms with Gasteiger partial charge in [0, 0.05) is 26.2 Å². The maximum Gasteiger partial charge on any atom is 0.313 e. The number of aliphatic hydroxyl groups excluding tert-OH is 1. The van der Waals surface area contributed by atoms with Crippen LogP contribution in [0.3, 0.4) is 0 Å². The molecule has 1 unspecified atom stereocenters. The van der Waals surface area contributed by atoms with E-state index in [1.807, 2.05) is 19.9 Å². The molecule has 0 radical (unpaired) electrons. The van der Waals surface area contributed by atoms with E-state index in [9.17, 15) is 19.1 Å². The molecule has 0 amide bonds. The maximum atomic E-state index is 13.9. The molecule has 0 aliphatic heterocycles. The van der Waals surface area contributed by atoms with Crippen molar-refractivity contribution >= 4 is 17.8 Å². The Bertz CT molecular complexity index is 1100. The van der Waals surface area contributed by atoms with Crippen LogP contribution in [0.15, 0.2) is 36.4 Å². The third kappa shape index (κ3) is 10.1. The number of benzene rings is 2. The number of esters is 1. The fourth-order valence-corrected chi connectivity index (χ4v) is 3.90. The molecule has 0 bridgehead atoms. The number of ether oxygens (including phenoxy) is 5. The fourth-order valence-electron chi connectivity index (χ4n) is 3.90. The Morgan fingerprint density at radius 2 is 1.64 bits per heavy atom. The Hall–Kier alpha value is -3.27. The third-order valence-electron chi connectivity index (χ3n) is 5.72. The number of hydrogen-bond donors (Lipinski definition) is 1. The molecular formula is C30H39FO8. The van der Waals surface area contributed by atoms with Crippen molar-refractivity contribution in [2.75, 3.05) is 47.3 Å². The summed E-state index contributed by atoms with van der Waals surface area (Å²) in [6.07, 6.45) is 1.44. The summed E-state index contributed by atoms with van der Waals surface area (Å²) in [5.74, 6) is -0.477. The fraction of sp³-hybridized carbons (Fsp3) is 0.467. The van der Waals surface area contributed by atoms with Gasteiger partial charge in [-0.25, -0.2) is 4.39 Å². The quantitative estimate of drug-likeness (QED) is 0.169. The van der Waals surface area contributed by atoms with Crippen molar-refractivity contribution in [1.82, 2.24) is 0 Å². The van der Waals surface area contributed by atoms with E-state index in [1.54, 1.807) is 39.4 Å². The number of ketones is 1. The molecule has 0 aliphatic rings. The van der Waals surface area contributed by atoms with Crippen LogP contribution in [0.2, 0.25) is 0 Å². The lowest BCUT2D eigenvalue weighted by molar-refractivity contribution is -0.145. The molecule has 2 rings (SSSR count). The van der Waals surface area contributed by atoms with Gasteiger partial charge in [0.1, 0.15) is 31.2 Å². The molecule has 2 aromatic carbocycles. The highest BCUT2D eigenvalue weighted by atomic mass is 19.1. The average molecular weight is 547 g/mol. The summed E-state index contributed by atoms with van der Waals surface area (Å²) in [5, 5.41) is 10.6. The minimum atomic E-state index is -1.14. The number of rotatable bonds is 17. The zero-order chi connectivity index (χ0) is 28.8. The average Bonchev–Trinajstić information content (AvgIpc) is 2.88. The van der Waals surface area contributed by atoms with Crippen molar-refractivity contribution in [3.63, 3.8) is 0 Å². The molecule has 0 saturated carbocycles. The van der Waals surface area contributed by atoms with Crippen LogP contribution in [0.5, 0.6) is 11.5 Å². The van der Waals surface area contributed by atoms with E-state index in [2.05, 4.69) is 0 Å². The van der Waals surface area contributed by atoms with Gasteiger partial charge in [-0.05, 0) is 47.7 Å². The third-order valence-corrected chi connectivity index (χ3v) is 5.72. The van der Waals surface area contributed by atoms with E-state index in [0.29, 0.717) is 35.8 Å². The van der Waals surface area contributed by atoms with Crippen LogP contribution >= 0.6 is 0 Å². The lowest BCUT2D eigenvalue weighted by Gasteiger charge is -2.23. The first kappa shape index (κ1) is 31.9. The lowest BCUT2D eigenvalue weighted by Crippen LogP contribution is -2.16. The number of aliphatic hydroxyl groups is 1. The minimum absolute atomic E-state index is 0.0317. The van der Waals surface area contributed by atoms with Crippen LogP contribution < -0.4 is 9.47 Å². The van der Waals surface area contributed by atoms with Gasteiger partial charge in [-0.2, -0.15) is 0 Å². The van der Waals surface area contributed by atoms with Crippen LogP contribution in [-0.2, 0) is 23.8 Å². The summed E-state index contributed by atoms with van der Waals surface area (Å²) in [4.78, 5) is 23.8. The van der Waals surface area contributed by atoms with E-state index in [0.717, 1.165) is 11.1 Å². The number of carbonyl (C=O) groups excluding carboxylic acids is 2. The number of carbonyl (C=O) groups is 2. The second kappa shape index (κ2) is 16.6. The van der Waals surface area contributed by atoms with Gasteiger partial charge in [-0.1, -0.05) is 38.1 Å². The first-order valence-corrected chi connectivity index (χ1v) is 13.0. The molecule has 0 heterocycles. The summed E-state index contributed by atoms with van der Waals surface area (Å²) in [7, 11) is 3.15. The molecule has 1 atom stereocenters. The Balaban J connectivity index is 2.61. The zero-order valence-corrected chi connectivity index (χ0v) is 23.3. The van der Waals surface area contributed by atoms with Crippen molar-refractivity contribution < 1.29 is 42.8 Å². The number of Topliss-reactive ketones (excluding diaryl/α,β-unsaturated/α-hetero) is 1. The SMILES string of the molecule is CCOC(=O)CC(=O)CC(O)/C=C/c1c(C(C)C)cc(OCCOC)c(OCCOC)c1-c1ccc(F)cc1. The summed E-state index contributed by atoms with van der Waals surface area (Å²) in [5.41, 5.74) is 2.93. The van der Waals surface area contributed by atoms with E-state index in [-0.39, 0.29) is 38.0 Å². The van der Waals surface area contributed by atoms with Gasteiger partial charge in [0.2, 0.25) is 0 Å². The Morgan fingerprint density at radius 3 is 2.23 bits per heavy atom. The summed E-state index contributed by atoms with van der Waals surface area (Å²) in [6, 6.07) is 7.89. The second-order valence-corrected chi connectivity index (χ2v) is 9.08. The second-order valence-electron chi connectivity index (χ2n) is 9.08. The monoisotopic (exact) mass is 546 g/mol. The topological polar surface area (TPSA) is 101 Å². The number of methoxy groups -OCH3 is 2. The molecule has 39 heavy (non-hydrogen) atoms. The number of hydrogen-bond acceptors (Lipinski definition) is 8. The predicted octanol–water partition coefficient (Wildman–Crippen LogP) is 4.95. The summed E-state index contributed by atoms with van der Waals surface area (Å²) in [6.45, 7) is 7.10. The zero-order valence-electron chi connectivity index (χ0n) is 23.3. The lowest BCUT2D eigenvalue weighted by atomic mass is 9.88. The molecular weight excluding hydrogens is 507 g/mol. The highest BCUT2D eigenvalue weighted by molar-refractivity contribution is 5.96. The highest BCUT2D eigenvalue weighted by Gasteiger charge is 2.23. The standard InChI is InChI=1S/C30H39FO8/c1-6-37-28(34)18-24(33)17-23(32)11-12-25-26(20(2)3)19-27(38-15-13-35-4)30(39-16-14-36-5)29(25)21-7-9-22(31)10-8-21/h7-12,19-20,23,32H,6,13-18H2,1-5H3/b12-11+. The molecule has 0 aliphatic carbocycles. The molecule has 0 spiro atoms. The van der Waals surface area contributed by atoms with Crippen LogP contribution in [0, 0.1) is 5.82 Å². The van der Waals surface area contributed by atoms with Crippen LogP contribution in [0.1, 0.15) is 50.7 Å². The van der Waals surface area contributed by atoms with Gasteiger partial charge in [0.05, 0.1) is 25.9 Å². The Kier molecular flexibility index (Phi) is 13.6. The van der Waals surface area contributed by atoms with Crippen LogP contribution in [-0.4, -0.2) is 70.2 Å². The first-order chi connectivity index (χ1) is 18.7. The largest absolute Gasteiger partial charge is 0.487 e.